The molecule has 0 radical (unpaired) electrons. The second kappa shape index (κ2) is 12.6. The van der Waals surface area contributed by atoms with Gasteiger partial charge >= 0.3 is 5.97 Å². The van der Waals surface area contributed by atoms with Gasteiger partial charge in [-0.1, -0.05) is 30.3 Å². The largest absolute Gasteiger partial charge is 0.493 e. The van der Waals surface area contributed by atoms with Gasteiger partial charge in [0.05, 0.1) is 34.7 Å². The number of rotatable bonds is 10. The fourth-order valence-electron chi connectivity index (χ4n) is 3.16. The molecule has 0 unspecified atom stereocenters. The summed E-state index contributed by atoms with van der Waals surface area (Å²) < 4.78 is 26.5. The van der Waals surface area contributed by atoms with E-state index in [9.17, 15) is 9.59 Å². The highest BCUT2D eigenvalue weighted by molar-refractivity contribution is 5.96. The van der Waals surface area contributed by atoms with Crippen molar-refractivity contribution in [3.63, 3.8) is 0 Å². The second-order valence-electron chi connectivity index (χ2n) is 7.19. The van der Waals surface area contributed by atoms with E-state index < -0.39 is 11.9 Å². The van der Waals surface area contributed by atoms with Gasteiger partial charge in [-0.15, -0.1) is 0 Å². The molecule has 3 aromatic rings. The lowest BCUT2D eigenvalue weighted by Crippen LogP contribution is -2.18. The number of ether oxygens (including phenoxy) is 5. The predicted octanol–water partition coefficient (Wildman–Crippen LogP) is 4.10. The van der Waals surface area contributed by atoms with Crippen LogP contribution in [0.5, 0.6) is 28.7 Å². The third kappa shape index (κ3) is 6.63. The van der Waals surface area contributed by atoms with Crippen LogP contribution in [0.3, 0.4) is 0 Å². The first-order valence-corrected chi connectivity index (χ1v) is 10.8. The Labute approximate surface area is 208 Å². The van der Waals surface area contributed by atoms with E-state index in [2.05, 4.69) is 10.5 Å². The second-order valence-corrected chi connectivity index (χ2v) is 7.19. The Kier molecular flexibility index (Phi) is 9.05. The van der Waals surface area contributed by atoms with Gasteiger partial charge in [0.2, 0.25) is 5.75 Å². The monoisotopic (exact) mass is 490 g/mol. The number of amides is 1. The van der Waals surface area contributed by atoms with Crippen LogP contribution in [0.15, 0.2) is 71.8 Å². The number of carbonyl (C=O) groups excluding carboxylic acids is 2. The zero-order valence-corrected chi connectivity index (χ0v) is 20.3. The summed E-state index contributed by atoms with van der Waals surface area (Å²) in [6, 6.07) is 17.3. The minimum Gasteiger partial charge on any atom is -0.493 e. The van der Waals surface area contributed by atoms with Crippen molar-refractivity contribution in [2.24, 2.45) is 5.10 Å². The molecule has 9 nitrogen and oxygen atoms in total. The van der Waals surface area contributed by atoms with Gasteiger partial charge in [0, 0.05) is 11.6 Å². The third-order valence-electron chi connectivity index (χ3n) is 4.92. The molecule has 0 aliphatic heterocycles. The minimum absolute atomic E-state index is 0.249. The van der Waals surface area contributed by atoms with Gasteiger partial charge in [0.25, 0.3) is 5.91 Å². The van der Waals surface area contributed by atoms with Gasteiger partial charge in [-0.2, -0.15) is 5.10 Å². The number of benzene rings is 3. The highest BCUT2D eigenvalue weighted by Crippen LogP contribution is 2.38. The molecule has 1 N–H and O–H groups in total. The Morgan fingerprint density at radius 3 is 2.03 bits per heavy atom. The van der Waals surface area contributed by atoms with Crippen LogP contribution in [0.25, 0.3) is 6.08 Å². The van der Waals surface area contributed by atoms with Gasteiger partial charge in [-0.3, -0.25) is 4.79 Å². The maximum absolute atomic E-state index is 12.6. The molecular formula is C27H26N2O7. The molecule has 36 heavy (non-hydrogen) atoms. The fraction of sp³-hybridized carbons (Fsp3) is 0.148. The number of hydrogen-bond donors (Lipinski definition) is 1. The quantitative estimate of drug-likeness (QED) is 0.150. The lowest BCUT2D eigenvalue weighted by Gasteiger charge is -2.13. The topological polar surface area (TPSA) is 105 Å². The summed E-state index contributed by atoms with van der Waals surface area (Å²) in [5, 5.41) is 3.99. The fourth-order valence-corrected chi connectivity index (χ4v) is 3.16. The first kappa shape index (κ1) is 25.8. The van der Waals surface area contributed by atoms with Crippen LogP contribution >= 0.6 is 0 Å². The van der Waals surface area contributed by atoms with Crippen LogP contribution < -0.4 is 29.1 Å². The Balaban J connectivity index is 1.67. The average molecular weight is 491 g/mol. The lowest BCUT2D eigenvalue weighted by atomic mass is 10.1. The van der Waals surface area contributed by atoms with Crippen LogP contribution in [0.4, 0.5) is 0 Å². The number of nitrogens with one attached hydrogen (secondary N) is 1. The smallest absolute Gasteiger partial charge is 0.336 e. The molecule has 186 valence electrons. The Hall–Kier alpha value is -4.79. The van der Waals surface area contributed by atoms with E-state index in [1.807, 2.05) is 30.3 Å². The molecular weight excluding hydrogens is 464 g/mol. The molecule has 0 aromatic heterocycles. The molecule has 0 aliphatic carbocycles. The first-order chi connectivity index (χ1) is 17.5. The average Bonchev–Trinajstić information content (AvgIpc) is 2.92. The Morgan fingerprint density at radius 1 is 0.750 bits per heavy atom. The molecule has 9 heteroatoms. The number of hydrogen-bond acceptors (Lipinski definition) is 8. The van der Waals surface area contributed by atoms with Gasteiger partial charge in [-0.25, -0.2) is 10.2 Å². The zero-order chi connectivity index (χ0) is 25.9. The molecule has 0 spiro atoms. The van der Waals surface area contributed by atoms with E-state index >= 15 is 0 Å². The van der Waals surface area contributed by atoms with E-state index in [-0.39, 0.29) is 11.3 Å². The molecule has 1 amide bonds. The van der Waals surface area contributed by atoms with Crippen molar-refractivity contribution < 1.29 is 33.3 Å². The summed E-state index contributed by atoms with van der Waals surface area (Å²) in [6.45, 7) is 0. The molecule has 0 atom stereocenters. The summed E-state index contributed by atoms with van der Waals surface area (Å²) in [5.74, 6) is 0.627. The number of esters is 1. The number of nitrogens with zero attached hydrogens (tertiary/aromatic N) is 1. The Bertz CT molecular complexity index is 1250. The molecule has 0 bridgehead atoms. The molecule has 0 saturated heterocycles. The highest BCUT2D eigenvalue weighted by Gasteiger charge is 2.16. The van der Waals surface area contributed by atoms with E-state index in [1.165, 1.54) is 52.9 Å². The molecule has 3 aromatic carbocycles. The van der Waals surface area contributed by atoms with Crippen LogP contribution in [-0.2, 0) is 4.79 Å². The molecule has 3 rings (SSSR count). The van der Waals surface area contributed by atoms with Crippen molar-refractivity contribution in [3.8, 4) is 28.7 Å². The van der Waals surface area contributed by atoms with Gasteiger partial charge in [0.1, 0.15) is 0 Å². The van der Waals surface area contributed by atoms with E-state index in [0.717, 1.165) is 5.56 Å². The summed E-state index contributed by atoms with van der Waals surface area (Å²) in [4.78, 5) is 24.8. The maximum atomic E-state index is 12.6. The van der Waals surface area contributed by atoms with Crippen molar-refractivity contribution in [1.82, 2.24) is 5.43 Å². The van der Waals surface area contributed by atoms with Crippen molar-refractivity contribution in [1.29, 1.82) is 0 Å². The van der Waals surface area contributed by atoms with Crippen molar-refractivity contribution in [2.45, 2.75) is 0 Å². The minimum atomic E-state index is -0.545. The van der Waals surface area contributed by atoms with E-state index in [1.54, 1.807) is 24.3 Å². The summed E-state index contributed by atoms with van der Waals surface area (Å²) >= 11 is 0. The predicted molar refractivity (Wildman–Crippen MR) is 135 cm³/mol. The molecule has 0 aliphatic rings. The van der Waals surface area contributed by atoms with Crippen LogP contribution in [0.2, 0.25) is 0 Å². The molecule has 0 saturated carbocycles. The van der Waals surface area contributed by atoms with Crippen molar-refractivity contribution >= 4 is 24.2 Å². The highest BCUT2D eigenvalue weighted by atomic mass is 16.6. The van der Waals surface area contributed by atoms with E-state index in [4.69, 9.17) is 23.7 Å². The summed E-state index contributed by atoms with van der Waals surface area (Å²) in [5.41, 5.74) is 4.20. The summed E-state index contributed by atoms with van der Waals surface area (Å²) in [6.07, 6.45) is 4.43. The molecule has 0 fully saturated rings. The van der Waals surface area contributed by atoms with Crippen LogP contribution in [-0.4, -0.2) is 46.5 Å². The molecule has 0 heterocycles. The van der Waals surface area contributed by atoms with Crippen molar-refractivity contribution in [2.75, 3.05) is 28.4 Å². The van der Waals surface area contributed by atoms with Gasteiger partial charge in [0.15, 0.2) is 23.0 Å². The Morgan fingerprint density at radius 2 is 1.42 bits per heavy atom. The lowest BCUT2D eigenvalue weighted by molar-refractivity contribution is -0.129. The van der Waals surface area contributed by atoms with Crippen LogP contribution in [0.1, 0.15) is 21.5 Å². The standard InChI is InChI=1S/C27H26N2O7/c1-32-22-14-19(10-12-21(22)36-25(30)13-11-18-8-6-5-7-9-18)17-28-29-27(31)20-15-23(33-2)26(35-4)24(16-20)34-3/h5-17H,1-4H3,(H,29,31)/b13-11+,28-17+. The number of methoxy groups -OCH3 is 4. The maximum Gasteiger partial charge on any atom is 0.336 e. The first-order valence-electron chi connectivity index (χ1n) is 10.8. The van der Waals surface area contributed by atoms with Gasteiger partial charge in [-0.05, 0) is 47.5 Å². The van der Waals surface area contributed by atoms with Gasteiger partial charge < -0.3 is 23.7 Å². The van der Waals surface area contributed by atoms with Crippen LogP contribution in [0, 0.1) is 0 Å². The summed E-state index contributed by atoms with van der Waals surface area (Å²) in [7, 11) is 5.86. The zero-order valence-electron chi connectivity index (χ0n) is 20.3. The van der Waals surface area contributed by atoms with E-state index in [0.29, 0.717) is 28.6 Å². The van der Waals surface area contributed by atoms with Crippen molar-refractivity contribution in [3.05, 3.63) is 83.4 Å². The third-order valence-corrected chi connectivity index (χ3v) is 4.92. The normalized spacial score (nSPS) is 10.8. The number of carbonyl (C=O) groups is 2. The number of hydrazone groups is 1. The SMILES string of the molecule is COc1cc(/C=N/NC(=O)c2cc(OC)c(OC)c(OC)c2)ccc1OC(=O)/C=C/c1ccccc1.